The highest BCUT2D eigenvalue weighted by atomic mass is 32.2. The second-order valence-corrected chi connectivity index (χ2v) is 9.76. The summed E-state index contributed by atoms with van der Waals surface area (Å²) in [6, 6.07) is 0. The van der Waals surface area contributed by atoms with Crippen LogP contribution in [0.4, 0.5) is 13.2 Å². The molecule has 1 aromatic rings. The normalized spacial score (nSPS) is 23.8. The number of aliphatic carboxylic acids is 1. The fourth-order valence-corrected chi connectivity index (χ4v) is 4.72. The molecule has 1 N–H and O–H groups in total. The summed E-state index contributed by atoms with van der Waals surface area (Å²) >= 11 is 0. The molecule has 1 atom stereocenters. The van der Waals surface area contributed by atoms with Gasteiger partial charge in [-0.3, -0.25) is 4.90 Å². The van der Waals surface area contributed by atoms with Gasteiger partial charge in [0, 0.05) is 44.5 Å². The van der Waals surface area contributed by atoms with Gasteiger partial charge < -0.3 is 14.4 Å². The van der Waals surface area contributed by atoms with Crippen molar-refractivity contribution >= 4 is 16.0 Å². The highest BCUT2D eigenvalue weighted by Crippen LogP contribution is 2.34. The van der Waals surface area contributed by atoms with Crippen LogP contribution in [0.15, 0.2) is 12.4 Å². The third-order valence-electron chi connectivity index (χ3n) is 5.21. The minimum atomic E-state index is -5.08. The van der Waals surface area contributed by atoms with Crippen LogP contribution >= 0.6 is 0 Å². The number of hydrogen-bond donors (Lipinski definition) is 1. The van der Waals surface area contributed by atoms with E-state index in [0.29, 0.717) is 26.3 Å². The molecule has 1 unspecified atom stereocenters. The zero-order valence-corrected chi connectivity index (χ0v) is 17.7. The van der Waals surface area contributed by atoms with Crippen molar-refractivity contribution in [1.82, 2.24) is 18.8 Å². The number of aryl methyl sites for hydroxylation is 1. The third-order valence-corrected chi connectivity index (χ3v) is 7.04. The number of carboxylic acids is 1. The fraction of sp³-hybridized carbons (Fsp3) is 0.765. The zero-order chi connectivity index (χ0) is 22.6. The van der Waals surface area contributed by atoms with Gasteiger partial charge in [0.15, 0.2) is 0 Å². The summed E-state index contributed by atoms with van der Waals surface area (Å²) in [5.41, 5.74) is -0.0933. The Labute approximate surface area is 173 Å². The first kappa shape index (κ1) is 24.6. The first-order chi connectivity index (χ1) is 13.9. The predicted molar refractivity (Wildman–Crippen MR) is 101 cm³/mol. The van der Waals surface area contributed by atoms with Crippen LogP contribution < -0.4 is 0 Å². The third kappa shape index (κ3) is 6.40. The van der Waals surface area contributed by atoms with Crippen molar-refractivity contribution in [3.63, 3.8) is 0 Å². The van der Waals surface area contributed by atoms with Gasteiger partial charge in [-0.2, -0.15) is 17.5 Å². The first-order valence-electron chi connectivity index (χ1n) is 9.43. The van der Waals surface area contributed by atoms with Crippen molar-refractivity contribution in [3.8, 4) is 0 Å². The minimum absolute atomic E-state index is 0.0933. The van der Waals surface area contributed by atoms with Crippen LogP contribution in [-0.4, -0.2) is 89.6 Å². The Morgan fingerprint density at radius 1 is 1.33 bits per heavy atom. The van der Waals surface area contributed by atoms with Crippen molar-refractivity contribution in [2.45, 2.75) is 26.1 Å². The quantitative estimate of drug-likeness (QED) is 0.719. The molecule has 0 bridgehead atoms. The average molecular weight is 456 g/mol. The monoisotopic (exact) mass is 456 g/mol. The van der Waals surface area contributed by atoms with Gasteiger partial charge in [-0.25, -0.2) is 18.2 Å². The van der Waals surface area contributed by atoms with E-state index in [1.807, 2.05) is 24.0 Å². The van der Waals surface area contributed by atoms with Crippen LogP contribution in [0, 0.1) is 5.41 Å². The van der Waals surface area contributed by atoms with E-state index < -0.39 is 22.2 Å². The van der Waals surface area contributed by atoms with Crippen molar-refractivity contribution < 1.29 is 36.2 Å². The number of ether oxygens (including phenoxy) is 1. The fourth-order valence-electron chi connectivity index (χ4n) is 3.53. The lowest BCUT2D eigenvalue weighted by atomic mass is 9.88. The number of halogens is 3. The SMILES string of the molecule is CCS(=O)(=O)N1CCOCC2(CCN(Cc3nccn3C)C2)C1.O=C(O)C(F)(F)F. The van der Waals surface area contributed by atoms with Crippen LogP contribution in [0.1, 0.15) is 19.2 Å². The molecule has 2 aliphatic rings. The van der Waals surface area contributed by atoms with E-state index in [9.17, 15) is 21.6 Å². The maximum Gasteiger partial charge on any atom is 0.490 e. The van der Waals surface area contributed by atoms with E-state index in [0.717, 1.165) is 31.9 Å². The van der Waals surface area contributed by atoms with E-state index in [1.165, 1.54) is 0 Å². The maximum atomic E-state index is 12.3. The van der Waals surface area contributed by atoms with Crippen molar-refractivity contribution in [2.24, 2.45) is 12.5 Å². The molecule has 0 saturated carbocycles. The molecule has 0 aromatic carbocycles. The van der Waals surface area contributed by atoms with Gasteiger partial charge in [0.05, 0.1) is 25.5 Å². The number of rotatable bonds is 4. The Hall–Kier alpha value is -1.70. The molecule has 13 heteroatoms. The molecule has 172 valence electrons. The van der Waals surface area contributed by atoms with Crippen LogP contribution in [0.5, 0.6) is 0 Å². The van der Waals surface area contributed by atoms with Crippen LogP contribution in [0.3, 0.4) is 0 Å². The Morgan fingerprint density at radius 3 is 2.53 bits per heavy atom. The van der Waals surface area contributed by atoms with Crippen molar-refractivity contribution in [1.29, 1.82) is 0 Å². The Morgan fingerprint density at radius 2 is 2.00 bits per heavy atom. The molecular formula is C17H27F3N4O5S. The van der Waals surface area contributed by atoms with E-state index in [-0.39, 0.29) is 11.2 Å². The average Bonchev–Trinajstić information content (AvgIpc) is 3.16. The smallest absolute Gasteiger partial charge is 0.475 e. The molecule has 9 nitrogen and oxygen atoms in total. The first-order valence-corrected chi connectivity index (χ1v) is 11.0. The molecule has 30 heavy (non-hydrogen) atoms. The van der Waals surface area contributed by atoms with Crippen molar-refractivity contribution in [3.05, 3.63) is 18.2 Å². The van der Waals surface area contributed by atoms with E-state index in [4.69, 9.17) is 14.6 Å². The molecule has 2 fully saturated rings. The summed E-state index contributed by atoms with van der Waals surface area (Å²) < 4.78 is 65.7. The number of carboxylic acid groups (broad SMARTS) is 1. The molecule has 1 aromatic heterocycles. The molecule has 0 radical (unpaired) electrons. The van der Waals surface area contributed by atoms with Gasteiger partial charge in [0.25, 0.3) is 0 Å². The van der Waals surface area contributed by atoms with Gasteiger partial charge in [-0.05, 0) is 19.9 Å². The van der Waals surface area contributed by atoms with Gasteiger partial charge >= 0.3 is 12.1 Å². The van der Waals surface area contributed by atoms with Crippen LogP contribution in [0.25, 0.3) is 0 Å². The van der Waals surface area contributed by atoms with E-state index in [2.05, 4.69) is 9.88 Å². The molecule has 3 heterocycles. The number of hydrogen-bond acceptors (Lipinski definition) is 6. The number of carbonyl (C=O) groups is 1. The van der Waals surface area contributed by atoms with Crippen LogP contribution in [-0.2, 0) is 33.1 Å². The standard InChI is InChI=1S/C15H26N4O3S.C2HF3O2/c1-3-23(20,21)19-8-9-22-13-15(12-19)4-6-18(11-15)10-14-16-5-7-17(14)2;3-2(4,5)1(6)7/h5,7H,3-4,6,8-13H2,1-2H3;(H,6,7). The molecule has 3 rings (SSSR count). The Balaban J connectivity index is 0.000000396. The molecule has 0 amide bonds. The summed E-state index contributed by atoms with van der Waals surface area (Å²) in [6.45, 7) is 6.48. The molecule has 1 spiro atoms. The number of sulfonamides is 1. The van der Waals surface area contributed by atoms with Gasteiger partial charge in [-0.1, -0.05) is 0 Å². The number of likely N-dealkylation sites (tertiary alicyclic amines) is 1. The lowest BCUT2D eigenvalue weighted by Crippen LogP contribution is -2.43. The minimum Gasteiger partial charge on any atom is -0.475 e. The highest BCUT2D eigenvalue weighted by Gasteiger charge is 2.43. The predicted octanol–water partition coefficient (Wildman–Crippen LogP) is 0.927. The maximum absolute atomic E-state index is 12.3. The van der Waals surface area contributed by atoms with Crippen LogP contribution in [0.2, 0.25) is 0 Å². The van der Waals surface area contributed by atoms with Gasteiger partial charge in [0.2, 0.25) is 10.0 Å². The summed E-state index contributed by atoms with van der Waals surface area (Å²) in [6.07, 6.45) is -0.357. The lowest BCUT2D eigenvalue weighted by Gasteiger charge is -2.31. The molecule has 0 aliphatic carbocycles. The highest BCUT2D eigenvalue weighted by molar-refractivity contribution is 7.89. The summed E-state index contributed by atoms with van der Waals surface area (Å²) in [4.78, 5) is 15.6. The Kier molecular flexibility index (Phi) is 7.88. The molecule has 2 aliphatic heterocycles. The summed E-state index contributed by atoms with van der Waals surface area (Å²) in [5.74, 6) is -1.57. The van der Waals surface area contributed by atoms with Gasteiger partial charge in [0.1, 0.15) is 5.82 Å². The number of aromatic nitrogens is 2. The Bertz CT molecular complexity index is 830. The number of nitrogens with zero attached hydrogens (tertiary/aromatic N) is 4. The number of alkyl halides is 3. The largest absolute Gasteiger partial charge is 0.490 e. The summed E-state index contributed by atoms with van der Waals surface area (Å²) in [7, 11) is -1.17. The summed E-state index contributed by atoms with van der Waals surface area (Å²) in [5, 5.41) is 7.12. The van der Waals surface area contributed by atoms with Gasteiger partial charge in [-0.15, -0.1) is 0 Å². The van der Waals surface area contributed by atoms with E-state index in [1.54, 1.807) is 11.2 Å². The second-order valence-electron chi connectivity index (χ2n) is 7.50. The lowest BCUT2D eigenvalue weighted by molar-refractivity contribution is -0.192. The van der Waals surface area contributed by atoms with Crippen molar-refractivity contribution in [2.75, 3.05) is 45.1 Å². The number of imidazole rings is 1. The molecular weight excluding hydrogens is 429 g/mol. The second kappa shape index (κ2) is 9.62. The zero-order valence-electron chi connectivity index (χ0n) is 16.9. The van der Waals surface area contributed by atoms with E-state index >= 15 is 0 Å². The molecule has 2 saturated heterocycles. The topological polar surface area (TPSA) is 105 Å².